The largest absolute Gasteiger partial charge is 0.493 e. The second kappa shape index (κ2) is 8.23. The number of piperidine rings is 1. The summed E-state index contributed by atoms with van der Waals surface area (Å²) in [5.41, 5.74) is 0.656. The minimum absolute atomic E-state index is 0.0251. The molecule has 1 saturated heterocycles. The molecule has 29 heavy (non-hydrogen) atoms. The maximum Gasteiger partial charge on any atom is 0.258 e. The maximum absolute atomic E-state index is 13.4. The van der Waals surface area contributed by atoms with Gasteiger partial charge in [0.1, 0.15) is 5.75 Å². The molecule has 6 nitrogen and oxygen atoms in total. The standard InChI is InChI=1S/C23H27N3O3/c1-4-28-19-10-9-16-7-5-6-8-18(16)20(19)23(27)26-13-11-17(12-14-26)22-25-24-21(29-22)15(2)3/h5-10,15,17H,4,11-14H2,1-3H3. The lowest BCUT2D eigenvalue weighted by Gasteiger charge is -2.31. The fraction of sp³-hybridized carbons (Fsp3) is 0.435. The van der Waals surface area contributed by atoms with E-state index in [1.54, 1.807) is 0 Å². The van der Waals surface area contributed by atoms with Crippen LogP contribution >= 0.6 is 0 Å². The van der Waals surface area contributed by atoms with Crippen molar-refractivity contribution in [2.24, 2.45) is 0 Å². The van der Waals surface area contributed by atoms with Gasteiger partial charge in [0.05, 0.1) is 12.2 Å². The molecular formula is C23H27N3O3. The highest BCUT2D eigenvalue weighted by atomic mass is 16.5. The number of amides is 1. The summed E-state index contributed by atoms with van der Waals surface area (Å²) < 4.78 is 11.6. The number of hydrogen-bond donors (Lipinski definition) is 0. The average Bonchev–Trinajstić information content (AvgIpc) is 3.24. The molecule has 0 spiro atoms. The number of fused-ring (bicyclic) bond motifs is 1. The minimum atomic E-state index is 0.0251. The second-order valence-corrected chi connectivity index (χ2v) is 7.79. The predicted octanol–water partition coefficient (Wildman–Crippen LogP) is 4.76. The number of carbonyl (C=O) groups excluding carboxylic acids is 1. The number of ether oxygens (including phenoxy) is 1. The minimum Gasteiger partial charge on any atom is -0.493 e. The van der Waals surface area contributed by atoms with Crippen molar-refractivity contribution in [3.63, 3.8) is 0 Å². The summed E-state index contributed by atoms with van der Waals surface area (Å²) in [7, 11) is 0. The molecule has 2 aromatic carbocycles. The van der Waals surface area contributed by atoms with Crippen LogP contribution in [-0.4, -0.2) is 40.7 Å². The molecule has 0 unspecified atom stereocenters. The topological polar surface area (TPSA) is 68.5 Å². The molecule has 4 rings (SSSR count). The zero-order valence-electron chi connectivity index (χ0n) is 17.2. The molecule has 6 heteroatoms. The quantitative estimate of drug-likeness (QED) is 0.625. The van der Waals surface area contributed by atoms with Gasteiger partial charge in [-0.15, -0.1) is 10.2 Å². The van der Waals surface area contributed by atoms with Crippen molar-refractivity contribution in [2.75, 3.05) is 19.7 Å². The predicted molar refractivity (Wildman–Crippen MR) is 111 cm³/mol. The van der Waals surface area contributed by atoms with Gasteiger partial charge in [0, 0.05) is 24.9 Å². The van der Waals surface area contributed by atoms with Crippen molar-refractivity contribution in [1.82, 2.24) is 15.1 Å². The molecule has 1 aromatic heterocycles. The zero-order valence-corrected chi connectivity index (χ0v) is 17.2. The van der Waals surface area contributed by atoms with Crippen molar-refractivity contribution >= 4 is 16.7 Å². The molecule has 1 aliphatic heterocycles. The Morgan fingerprint density at radius 1 is 1.17 bits per heavy atom. The van der Waals surface area contributed by atoms with Crippen LogP contribution in [0.2, 0.25) is 0 Å². The molecule has 1 amide bonds. The monoisotopic (exact) mass is 393 g/mol. The van der Waals surface area contributed by atoms with E-state index in [9.17, 15) is 4.79 Å². The van der Waals surface area contributed by atoms with E-state index in [-0.39, 0.29) is 17.7 Å². The summed E-state index contributed by atoms with van der Waals surface area (Å²) in [6, 6.07) is 11.9. The molecule has 3 aromatic rings. The van der Waals surface area contributed by atoms with E-state index < -0.39 is 0 Å². The number of hydrogen-bond acceptors (Lipinski definition) is 5. The number of aromatic nitrogens is 2. The Labute approximate surface area is 170 Å². The molecule has 0 bridgehead atoms. The number of rotatable bonds is 5. The molecule has 0 atom stereocenters. The van der Waals surface area contributed by atoms with Crippen molar-refractivity contribution < 1.29 is 13.9 Å². The first kappa shape index (κ1) is 19.4. The second-order valence-electron chi connectivity index (χ2n) is 7.79. The summed E-state index contributed by atoms with van der Waals surface area (Å²) in [6.45, 7) is 7.87. The maximum atomic E-state index is 13.4. The third-order valence-corrected chi connectivity index (χ3v) is 5.49. The lowest BCUT2D eigenvalue weighted by molar-refractivity contribution is 0.0704. The van der Waals surface area contributed by atoms with E-state index in [1.807, 2.05) is 62.1 Å². The molecule has 0 aliphatic carbocycles. The molecule has 0 N–H and O–H groups in total. The summed E-state index contributed by atoms with van der Waals surface area (Å²) in [5, 5.41) is 10.4. The third kappa shape index (κ3) is 3.84. The van der Waals surface area contributed by atoms with Gasteiger partial charge in [-0.05, 0) is 36.6 Å². The van der Waals surface area contributed by atoms with Gasteiger partial charge in [-0.1, -0.05) is 44.2 Å². The Morgan fingerprint density at radius 2 is 1.93 bits per heavy atom. The summed E-state index contributed by atoms with van der Waals surface area (Å²) in [6.07, 6.45) is 1.64. The Kier molecular flexibility index (Phi) is 5.51. The fourth-order valence-electron chi connectivity index (χ4n) is 3.88. The van der Waals surface area contributed by atoms with Crippen LogP contribution in [0.3, 0.4) is 0 Å². The summed E-state index contributed by atoms with van der Waals surface area (Å²) in [5.74, 6) is 2.48. The molecule has 2 heterocycles. The van der Waals surface area contributed by atoms with Crippen molar-refractivity contribution in [3.05, 3.63) is 53.7 Å². The van der Waals surface area contributed by atoms with Crippen molar-refractivity contribution in [1.29, 1.82) is 0 Å². The highest BCUT2D eigenvalue weighted by Crippen LogP contribution is 2.33. The van der Waals surface area contributed by atoms with E-state index in [0.717, 1.165) is 23.6 Å². The van der Waals surface area contributed by atoms with Gasteiger partial charge >= 0.3 is 0 Å². The Bertz CT molecular complexity index is 1000. The first-order valence-corrected chi connectivity index (χ1v) is 10.4. The van der Waals surface area contributed by atoms with Crippen molar-refractivity contribution in [3.8, 4) is 5.75 Å². The normalized spacial score (nSPS) is 15.2. The van der Waals surface area contributed by atoms with Gasteiger partial charge in [-0.25, -0.2) is 0 Å². The highest BCUT2D eigenvalue weighted by molar-refractivity contribution is 6.09. The highest BCUT2D eigenvalue weighted by Gasteiger charge is 2.30. The summed E-state index contributed by atoms with van der Waals surface area (Å²) in [4.78, 5) is 15.4. The SMILES string of the molecule is CCOc1ccc2ccccc2c1C(=O)N1CCC(c2nnc(C(C)C)o2)CC1. The van der Waals surface area contributed by atoms with E-state index in [1.165, 1.54) is 0 Å². The van der Waals surface area contributed by atoms with Crippen LogP contribution in [0.15, 0.2) is 40.8 Å². The fourth-order valence-corrected chi connectivity index (χ4v) is 3.88. The van der Waals surface area contributed by atoms with Crippen molar-refractivity contribution in [2.45, 2.75) is 45.4 Å². The lowest BCUT2D eigenvalue weighted by atomic mass is 9.95. The van der Waals surface area contributed by atoms with Gasteiger partial charge < -0.3 is 14.1 Å². The van der Waals surface area contributed by atoms with Crippen LogP contribution in [0, 0.1) is 0 Å². The number of benzene rings is 2. The molecule has 1 fully saturated rings. The molecule has 152 valence electrons. The molecule has 0 radical (unpaired) electrons. The van der Waals surface area contributed by atoms with Crippen LogP contribution in [0.25, 0.3) is 10.8 Å². The average molecular weight is 393 g/mol. The van der Waals surface area contributed by atoms with Crippen LogP contribution in [0.5, 0.6) is 5.75 Å². The first-order valence-electron chi connectivity index (χ1n) is 10.4. The molecule has 0 saturated carbocycles. The Hall–Kier alpha value is -2.89. The van der Waals surface area contributed by atoms with Gasteiger partial charge in [0.25, 0.3) is 5.91 Å². The number of likely N-dealkylation sites (tertiary alicyclic amines) is 1. The number of nitrogens with zero attached hydrogens (tertiary/aromatic N) is 3. The summed E-state index contributed by atoms with van der Waals surface area (Å²) >= 11 is 0. The van der Waals surface area contributed by atoms with Gasteiger partial charge in [-0.2, -0.15) is 0 Å². The van der Waals surface area contributed by atoms with E-state index in [2.05, 4.69) is 10.2 Å². The van der Waals surface area contributed by atoms with E-state index in [0.29, 0.717) is 42.8 Å². The number of carbonyl (C=O) groups is 1. The van der Waals surface area contributed by atoms with E-state index in [4.69, 9.17) is 9.15 Å². The van der Waals surface area contributed by atoms with Gasteiger partial charge in [0.2, 0.25) is 11.8 Å². The zero-order chi connectivity index (χ0) is 20.4. The van der Waals surface area contributed by atoms with Crippen LogP contribution in [-0.2, 0) is 0 Å². The van der Waals surface area contributed by atoms with Crippen LogP contribution in [0.1, 0.15) is 67.6 Å². The van der Waals surface area contributed by atoms with Gasteiger partial charge in [0.15, 0.2) is 0 Å². The molecular weight excluding hydrogens is 366 g/mol. The Balaban J connectivity index is 1.54. The first-order chi connectivity index (χ1) is 14.1. The third-order valence-electron chi connectivity index (χ3n) is 5.49. The lowest BCUT2D eigenvalue weighted by Crippen LogP contribution is -2.38. The van der Waals surface area contributed by atoms with Gasteiger partial charge in [-0.3, -0.25) is 4.79 Å². The van der Waals surface area contributed by atoms with Crippen LogP contribution < -0.4 is 4.74 Å². The van der Waals surface area contributed by atoms with Crippen LogP contribution in [0.4, 0.5) is 0 Å². The van der Waals surface area contributed by atoms with E-state index >= 15 is 0 Å². The molecule has 1 aliphatic rings. The smallest absolute Gasteiger partial charge is 0.258 e. The Morgan fingerprint density at radius 3 is 2.62 bits per heavy atom.